The highest BCUT2D eigenvalue weighted by atomic mass is 16.5. The van der Waals surface area contributed by atoms with Gasteiger partial charge in [-0.05, 0) is 48.7 Å². The summed E-state index contributed by atoms with van der Waals surface area (Å²) in [5.41, 5.74) is 1.64. The number of carbonyl (C=O) groups is 2. The molecule has 2 fully saturated rings. The quantitative estimate of drug-likeness (QED) is 0.763. The third-order valence-corrected chi connectivity index (χ3v) is 6.20. The molecule has 2 saturated heterocycles. The van der Waals surface area contributed by atoms with Crippen molar-refractivity contribution in [3.8, 4) is 11.5 Å². The van der Waals surface area contributed by atoms with Crippen LogP contribution >= 0.6 is 0 Å². The predicted octanol–water partition coefficient (Wildman–Crippen LogP) is 3.18. The first kappa shape index (κ1) is 20.3. The van der Waals surface area contributed by atoms with Crippen LogP contribution in [-0.4, -0.2) is 62.0 Å². The van der Waals surface area contributed by atoms with Crippen LogP contribution in [0.2, 0.25) is 0 Å². The molecule has 4 rings (SSSR count). The average Bonchev–Trinajstić information content (AvgIpc) is 3.49. The van der Waals surface area contributed by atoms with Gasteiger partial charge in [0.1, 0.15) is 11.5 Å². The number of methoxy groups -OCH3 is 2. The molecule has 2 aromatic rings. The molecule has 0 unspecified atom stereocenters. The Hall–Kier alpha value is -3.02. The van der Waals surface area contributed by atoms with Gasteiger partial charge in [-0.2, -0.15) is 0 Å². The minimum atomic E-state index is -0.231. The molecule has 2 heterocycles. The fourth-order valence-electron chi connectivity index (χ4n) is 4.52. The maximum absolute atomic E-state index is 13.3. The summed E-state index contributed by atoms with van der Waals surface area (Å²) in [4.78, 5) is 30.3. The summed E-state index contributed by atoms with van der Waals surface area (Å²) in [6.07, 6.45) is 2.11. The van der Waals surface area contributed by atoms with Gasteiger partial charge < -0.3 is 19.3 Å². The van der Waals surface area contributed by atoms with Crippen LogP contribution in [0, 0.1) is 5.92 Å². The van der Waals surface area contributed by atoms with Gasteiger partial charge in [0, 0.05) is 37.7 Å². The van der Waals surface area contributed by atoms with Crippen molar-refractivity contribution in [2.24, 2.45) is 5.92 Å². The van der Waals surface area contributed by atoms with E-state index >= 15 is 0 Å². The molecule has 2 amide bonds. The zero-order valence-corrected chi connectivity index (χ0v) is 17.5. The molecule has 0 N–H and O–H groups in total. The van der Waals surface area contributed by atoms with Crippen LogP contribution < -0.4 is 9.47 Å². The largest absolute Gasteiger partial charge is 0.497 e. The SMILES string of the molecule is COc1ccc([C@H]2CN(C(=O)c3cccc(OC)c3)C[C@H]2C(=O)N2CCCC2)cc1. The van der Waals surface area contributed by atoms with Crippen LogP contribution in [0.3, 0.4) is 0 Å². The van der Waals surface area contributed by atoms with Crippen LogP contribution in [0.15, 0.2) is 48.5 Å². The molecule has 158 valence electrons. The third-order valence-electron chi connectivity index (χ3n) is 6.20. The normalized spacial score (nSPS) is 21.0. The van der Waals surface area contributed by atoms with Gasteiger partial charge >= 0.3 is 0 Å². The van der Waals surface area contributed by atoms with Crippen LogP contribution in [0.5, 0.6) is 11.5 Å². The Labute approximate surface area is 177 Å². The summed E-state index contributed by atoms with van der Waals surface area (Å²) < 4.78 is 10.5. The van der Waals surface area contributed by atoms with E-state index in [4.69, 9.17) is 9.47 Å². The molecule has 2 aromatic carbocycles. The molecule has 0 saturated carbocycles. The van der Waals surface area contributed by atoms with E-state index in [1.165, 1.54) is 0 Å². The van der Waals surface area contributed by atoms with Crippen molar-refractivity contribution in [2.75, 3.05) is 40.4 Å². The monoisotopic (exact) mass is 408 g/mol. The predicted molar refractivity (Wildman–Crippen MR) is 114 cm³/mol. The van der Waals surface area contributed by atoms with Gasteiger partial charge in [0.2, 0.25) is 5.91 Å². The number of hydrogen-bond donors (Lipinski definition) is 0. The summed E-state index contributed by atoms with van der Waals surface area (Å²) >= 11 is 0. The number of ether oxygens (including phenoxy) is 2. The first-order chi connectivity index (χ1) is 14.6. The number of carbonyl (C=O) groups excluding carboxylic acids is 2. The lowest BCUT2D eigenvalue weighted by Crippen LogP contribution is -2.37. The molecule has 0 aromatic heterocycles. The number of benzene rings is 2. The summed E-state index contributed by atoms with van der Waals surface area (Å²) in [6.45, 7) is 2.58. The highest BCUT2D eigenvalue weighted by Gasteiger charge is 2.42. The van der Waals surface area contributed by atoms with E-state index in [0.717, 1.165) is 37.2 Å². The Morgan fingerprint density at radius 2 is 1.57 bits per heavy atom. The Morgan fingerprint density at radius 1 is 0.867 bits per heavy atom. The fourth-order valence-corrected chi connectivity index (χ4v) is 4.52. The number of nitrogens with zero attached hydrogens (tertiary/aromatic N) is 2. The van der Waals surface area contributed by atoms with E-state index in [1.807, 2.05) is 46.2 Å². The molecular formula is C24H28N2O4. The minimum Gasteiger partial charge on any atom is -0.497 e. The summed E-state index contributed by atoms with van der Waals surface area (Å²) in [5.74, 6) is 1.27. The molecule has 0 spiro atoms. The van der Waals surface area contributed by atoms with Gasteiger partial charge in [0.15, 0.2) is 0 Å². The van der Waals surface area contributed by atoms with E-state index in [0.29, 0.717) is 24.4 Å². The van der Waals surface area contributed by atoms with Crippen molar-refractivity contribution in [3.63, 3.8) is 0 Å². The number of rotatable bonds is 5. The summed E-state index contributed by atoms with van der Waals surface area (Å²) in [5, 5.41) is 0. The maximum atomic E-state index is 13.3. The highest BCUT2D eigenvalue weighted by Crippen LogP contribution is 2.36. The Morgan fingerprint density at radius 3 is 2.23 bits per heavy atom. The number of likely N-dealkylation sites (tertiary alicyclic amines) is 2. The lowest BCUT2D eigenvalue weighted by atomic mass is 9.88. The molecule has 6 heteroatoms. The van der Waals surface area contributed by atoms with Crippen molar-refractivity contribution in [1.29, 1.82) is 0 Å². The molecule has 0 aliphatic carbocycles. The second-order valence-corrected chi connectivity index (χ2v) is 7.96. The van der Waals surface area contributed by atoms with Crippen LogP contribution in [0.4, 0.5) is 0 Å². The molecular weight excluding hydrogens is 380 g/mol. The zero-order chi connectivity index (χ0) is 21.1. The van der Waals surface area contributed by atoms with Gasteiger partial charge in [-0.1, -0.05) is 18.2 Å². The molecule has 30 heavy (non-hydrogen) atoms. The highest BCUT2D eigenvalue weighted by molar-refractivity contribution is 5.95. The summed E-state index contributed by atoms with van der Waals surface area (Å²) in [7, 11) is 3.22. The van der Waals surface area contributed by atoms with E-state index in [-0.39, 0.29) is 23.7 Å². The van der Waals surface area contributed by atoms with Gasteiger partial charge in [-0.3, -0.25) is 9.59 Å². The third kappa shape index (κ3) is 3.99. The fraction of sp³-hybridized carbons (Fsp3) is 0.417. The molecule has 6 nitrogen and oxygen atoms in total. The van der Waals surface area contributed by atoms with Gasteiger partial charge in [-0.25, -0.2) is 0 Å². The van der Waals surface area contributed by atoms with Crippen molar-refractivity contribution in [3.05, 3.63) is 59.7 Å². The standard InChI is InChI=1S/C24H28N2O4/c1-29-19-10-8-17(9-11-19)21-15-26(16-22(21)24(28)25-12-3-4-13-25)23(27)18-6-5-7-20(14-18)30-2/h5-11,14,21-22H,3-4,12-13,15-16H2,1-2H3/t21-,22-/m1/s1. The van der Waals surface area contributed by atoms with Crippen molar-refractivity contribution in [1.82, 2.24) is 9.80 Å². The zero-order valence-electron chi connectivity index (χ0n) is 17.5. The van der Waals surface area contributed by atoms with Gasteiger partial charge in [0.05, 0.1) is 20.1 Å². The van der Waals surface area contributed by atoms with Crippen molar-refractivity contribution >= 4 is 11.8 Å². The van der Waals surface area contributed by atoms with Crippen molar-refractivity contribution < 1.29 is 19.1 Å². The molecule has 0 bridgehead atoms. The van der Waals surface area contributed by atoms with E-state index < -0.39 is 0 Å². The molecule has 2 aliphatic rings. The Bertz CT molecular complexity index is 906. The molecule has 2 atom stereocenters. The number of amides is 2. The van der Waals surface area contributed by atoms with Crippen LogP contribution in [-0.2, 0) is 4.79 Å². The first-order valence-corrected chi connectivity index (χ1v) is 10.5. The van der Waals surface area contributed by atoms with Crippen LogP contribution in [0.1, 0.15) is 34.7 Å². The maximum Gasteiger partial charge on any atom is 0.254 e. The molecule has 0 radical (unpaired) electrons. The van der Waals surface area contributed by atoms with Gasteiger partial charge in [0.25, 0.3) is 5.91 Å². The average molecular weight is 408 g/mol. The Balaban J connectivity index is 1.60. The second kappa shape index (κ2) is 8.78. The van der Waals surface area contributed by atoms with E-state index in [2.05, 4.69) is 0 Å². The lowest BCUT2D eigenvalue weighted by Gasteiger charge is -2.24. The second-order valence-electron chi connectivity index (χ2n) is 7.96. The summed E-state index contributed by atoms with van der Waals surface area (Å²) in [6, 6.07) is 15.0. The van der Waals surface area contributed by atoms with E-state index in [9.17, 15) is 9.59 Å². The Kier molecular flexibility index (Phi) is 5.93. The smallest absolute Gasteiger partial charge is 0.254 e. The van der Waals surface area contributed by atoms with Gasteiger partial charge in [-0.15, -0.1) is 0 Å². The number of hydrogen-bond acceptors (Lipinski definition) is 4. The minimum absolute atomic E-state index is 0.0291. The first-order valence-electron chi connectivity index (χ1n) is 10.5. The van der Waals surface area contributed by atoms with Crippen LogP contribution in [0.25, 0.3) is 0 Å². The molecule has 2 aliphatic heterocycles. The van der Waals surface area contributed by atoms with E-state index in [1.54, 1.807) is 26.4 Å². The lowest BCUT2D eigenvalue weighted by molar-refractivity contribution is -0.134. The topological polar surface area (TPSA) is 59.1 Å². The van der Waals surface area contributed by atoms with Crippen molar-refractivity contribution in [2.45, 2.75) is 18.8 Å².